The molecule has 1 N–H and O–H groups in total. The summed E-state index contributed by atoms with van der Waals surface area (Å²) in [7, 11) is 0. The molecule has 1 aliphatic carbocycles. The summed E-state index contributed by atoms with van der Waals surface area (Å²) in [5.41, 5.74) is 3.53. The summed E-state index contributed by atoms with van der Waals surface area (Å²) in [6.45, 7) is 0.610. The fraction of sp³-hybridized carbons (Fsp3) is 0.368. The Labute approximate surface area is 151 Å². The number of aromatic amines is 1. The molecular weight excluding hydrogens is 334 g/mol. The highest BCUT2D eigenvalue weighted by molar-refractivity contribution is 8.03. The van der Waals surface area contributed by atoms with E-state index in [-0.39, 0.29) is 12.5 Å². The van der Waals surface area contributed by atoms with Gasteiger partial charge in [-0.25, -0.2) is 0 Å². The van der Waals surface area contributed by atoms with Crippen LogP contribution in [0.3, 0.4) is 0 Å². The SMILES string of the molecule is O=C(COc1ccc2c(c1)CCC2)N(CC1=CCCS1)c1cn[nH]c1. The van der Waals surface area contributed by atoms with E-state index in [2.05, 4.69) is 28.4 Å². The van der Waals surface area contributed by atoms with Crippen molar-refractivity contribution in [2.75, 3.05) is 23.8 Å². The summed E-state index contributed by atoms with van der Waals surface area (Å²) in [6.07, 6.45) is 10.1. The van der Waals surface area contributed by atoms with E-state index in [0.29, 0.717) is 6.54 Å². The minimum absolute atomic E-state index is 0.0297. The smallest absolute Gasteiger partial charge is 0.265 e. The fourth-order valence-corrected chi connectivity index (χ4v) is 4.26. The van der Waals surface area contributed by atoms with Gasteiger partial charge in [0.1, 0.15) is 5.75 Å². The van der Waals surface area contributed by atoms with Gasteiger partial charge < -0.3 is 9.64 Å². The van der Waals surface area contributed by atoms with E-state index in [4.69, 9.17) is 4.74 Å². The highest BCUT2D eigenvalue weighted by Gasteiger charge is 2.21. The highest BCUT2D eigenvalue weighted by atomic mass is 32.2. The zero-order valence-electron chi connectivity index (χ0n) is 14.0. The van der Waals surface area contributed by atoms with Gasteiger partial charge in [-0.1, -0.05) is 12.1 Å². The number of carbonyl (C=O) groups is 1. The normalized spacial score (nSPS) is 15.8. The van der Waals surface area contributed by atoms with Crippen LogP contribution in [0.25, 0.3) is 0 Å². The lowest BCUT2D eigenvalue weighted by molar-refractivity contribution is -0.120. The van der Waals surface area contributed by atoms with Crippen molar-refractivity contribution in [2.45, 2.75) is 25.7 Å². The molecule has 4 rings (SSSR count). The molecule has 6 heteroatoms. The van der Waals surface area contributed by atoms with Gasteiger partial charge in [-0.05, 0) is 48.9 Å². The number of fused-ring (bicyclic) bond motifs is 1. The molecule has 0 saturated heterocycles. The first-order valence-corrected chi connectivity index (χ1v) is 9.64. The van der Waals surface area contributed by atoms with Crippen LogP contribution in [0.2, 0.25) is 0 Å². The molecule has 0 atom stereocenters. The molecule has 1 aromatic carbocycles. The molecule has 1 aromatic heterocycles. The lowest BCUT2D eigenvalue weighted by atomic mass is 10.1. The average molecular weight is 355 g/mol. The first-order valence-electron chi connectivity index (χ1n) is 8.65. The highest BCUT2D eigenvalue weighted by Crippen LogP contribution is 2.28. The number of aryl methyl sites for hydroxylation is 2. The number of benzene rings is 1. The minimum atomic E-state index is -0.0599. The number of nitrogens with zero attached hydrogens (tertiary/aromatic N) is 2. The first-order chi connectivity index (χ1) is 12.3. The predicted octanol–water partition coefficient (Wildman–Crippen LogP) is 3.33. The predicted molar refractivity (Wildman–Crippen MR) is 100 cm³/mol. The van der Waals surface area contributed by atoms with Crippen LogP contribution in [0.15, 0.2) is 41.6 Å². The van der Waals surface area contributed by atoms with Gasteiger partial charge in [0, 0.05) is 16.9 Å². The molecule has 1 aliphatic heterocycles. The third-order valence-corrected chi connectivity index (χ3v) is 5.73. The number of nitrogens with one attached hydrogen (secondary N) is 1. The van der Waals surface area contributed by atoms with Crippen LogP contribution >= 0.6 is 11.8 Å². The number of H-pyrrole nitrogens is 1. The molecule has 2 aromatic rings. The Balaban J connectivity index is 1.43. The summed E-state index contributed by atoms with van der Waals surface area (Å²) in [5.74, 6) is 1.81. The quantitative estimate of drug-likeness (QED) is 0.863. The third-order valence-electron chi connectivity index (χ3n) is 4.62. The molecule has 1 amide bonds. The Morgan fingerprint density at radius 1 is 1.32 bits per heavy atom. The van der Waals surface area contributed by atoms with Crippen LogP contribution in [-0.4, -0.2) is 35.0 Å². The van der Waals surface area contributed by atoms with E-state index < -0.39 is 0 Å². The molecule has 0 saturated carbocycles. The molecule has 2 heterocycles. The van der Waals surface area contributed by atoms with Crippen molar-refractivity contribution in [3.8, 4) is 5.75 Å². The van der Waals surface area contributed by atoms with Gasteiger partial charge in [-0.3, -0.25) is 9.89 Å². The van der Waals surface area contributed by atoms with Gasteiger partial charge in [-0.2, -0.15) is 5.10 Å². The van der Waals surface area contributed by atoms with Gasteiger partial charge in [0.2, 0.25) is 0 Å². The van der Waals surface area contributed by atoms with Gasteiger partial charge in [0.25, 0.3) is 5.91 Å². The summed E-state index contributed by atoms with van der Waals surface area (Å²) in [6, 6.07) is 6.16. The summed E-state index contributed by atoms with van der Waals surface area (Å²) < 4.78 is 5.79. The van der Waals surface area contributed by atoms with Gasteiger partial charge >= 0.3 is 0 Å². The maximum atomic E-state index is 12.8. The Morgan fingerprint density at radius 3 is 3.04 bits per heavy atom. The van der Waals surface area contributed by atoms with E-state index in [9.17, 15) is 4.79 Å². The lowest BCUT2D eigenvalue weighted by Gasteiger charge is -2.21. The van der Waals surface area contributed by atoms with Crippen molar-refractivity contribution in [3.63, 3.8) is 0 Å². The van der Waals surface area contributed by atoms with Crippen LogP contribution in [0.4, 0.5) is 5.69 Å². The van der Waals surface area contributed by atoms with Crippen LogP contribution in [0, 0.1) is 0 Å². The summed E-state index contributed by atoms with van der Waals surface area (Å²) in [4.78, 5) is 15.7. The van der Waals surface area contributed by atoms with Crippen LogP contribution in [0.5, 0.6) is 5.75 Å². The molecule has 0 unspecified atom stereocenters. The lowest BCUT2D eigenvalue weighted by Crippen LogP contribution is -2.36. The summed E-state index contributed by atoms with van der Waals surface area (Å²) in [5, 5.41) is 6.75. The van der Waals surface area contributed by atoms with Gasteiger partial charge in [-0.15, -0.1) is 11.8 Å². The van der Waals surface area contributed by atoms with E-state index in [1.807, 2.05) is 17.8 Å². The van der Waals surface area contributed by atoms with E-state index in [0.717, 1.165) is 36.5 Å². The number of aromatic nitrogens is 2. The number of rotatable bonds is 6. The molecule has 2 aliphatic rings. The van der Waals surface area contributed by atoms with Crippen molar-refractivity contribution in [3.05, 3.63) is 52.7 Å². The Hall–Kier alpha value is -2.21. The third kappa shape index (κ3) is 3.74. The Bertz CT molecular complexity index is 786. The fourth-order valence-electron chi connectivity index (χ4n) is 3.31. The maximum Gasteiger partial charge on any atom is 0.265 e. The molecule has 130 valence electrons. The van der Waals surface area contributed by atoms with Crippen LogP contribution in [0.1, 0.15) is 24.0 Å². The topological polar surface area (TPSA) is 58.2 Å². The second-order valence-corrected chi connectivity index (χ2v) is 7.54. The number of allylic oxidation sites excluding steroid dienone is 1. The molecule has 5 nitrogen and oxygen atoms in total. The van der Waals surface area contributed by atoms with Crippen LogP contribution < -0.4 is 9.64 Å². The number of thioether (sulfide) groups is 1. The number of carbonyl (C=O) groups excluding carboxylic acids is 1. The minimum Gasteiger partial charge on any atom is -0.484 e. The second kappa shape index (κ2) is 7.35. The largest absolute Gasteiger partial charge is 0.484 e. The number of hydrogen-bond acceptors (Lipinski definition) is 4. The molecule has 0 bridgehead atoms. The van der Waals surface area contributed by atoms with E-state index >= 15 is 0 Å². The van der Waals surface area contributed by atoms with Gasteiger partial charge in [0.05, 0.1) is 18.4 Å². The number of anilines is 1. The Kier molecular flexibility index (Phi) is 4.78. The molecule has 25 heavy (non-hydrogen) atoms. The van der Waals surface area contributed by atoms with Crippen molar-refractivity contribution < 1.29 is 9.53 Å². The van der Waals surface area contributed by atoms with E-state index in [1.165, 1.54) is 22.5 Å². The van der Waals surface area contributed by atoms with Crippen molar-refractivity contribution in [1.29, 1.82) is 0 Å². The number of ether oxygens (including phenoxy) is 1. The van der Waals surface area contributed by atoms with Gasteiger partial charge in [0.15, 0.2) is 6.61 Å². The van der Waals surface area contributed by atoms with E-state index in [1.54, 1.807) is 17.3 Å². The number of hydrogen-bond donors (Lipinski definition) is 1. The molecular formula is C19H21N3O2S. The average Bonchev–Trinajstić information content (AvgIpc) is 3.39. The molecule has 0 radical (unpaired) electrons. The summed E-state index contributed by atoms with van der Waals surface area (Å²) >= 11 is 1.81. The monoisotopic (exact) mass is 355 g/mol. The second-order valence-electron chi connectivity index (χ2n) is 6.32. The number of amides is 1. The van der Waals surface area contributed by atoms with Crippen molar-refractivity contribution >= 4 is 23.4 Å². The standard InChI is InChI=1S/C19H21N3O2S/c23-19(13-24-17-7-6-14-3-1-4-15(14)9-17)22(16-10-20-21-11-16)12-18-5-2-8-25-18/h5-7,9-11H,1-4,8,12-13H2,(H,20,21). The Morgan fingerprint density at radius 2 is 2.24 bits per heavy atom. The van der Waals surface area contributed by atoms with Crippen molar-refractivity contribution in [1.82, 2.24) is 10.2 Å². The zero-order valence-corrected chi connectivity index (χ0v) is 14.8. The molecule has 0 spiro atoms. The maximum absolute atomic E-state index is 12.8. The van der Waals surface area contributed by atoms with Crippen molar-refractivity contribution in [2.24, 2.45) is 0 Å². The van der Waals surface area contributed by atoms with Crippen LogP contribution in [-0.2, 0) is 17.6 Å². The first kappa shape index (κ1) is 16.3. The molecule has 0 fully saturated rings. The zero-order chi connectivity index (χ0) is 17.1.